The van der Waals surface area contributed by atoms with E-state index in [1.165, 1.54) is 0 Å². The molecule has 0 fully saturated rings. The van der Waals surface area contributed by atoms with Gasteiger partial charge in [0.25, 0.3) is 0 Å². The van der Waals surface area contributed by atoms with E-state index in [0.717, 1.165) is 5.56 Å². The first kappa shape index (κ1) is 6.91. The molecule has 62 valence electrons. The van der Waals surface area contributed by atoms with Gasteiger partial charge in [0.15, 0.2) is 5.58 Å². The van der Waals surface area contributed by atoms with E-state index in [0.29, 0.717) is 11.1 Å². The third-order valence-electron chi connectivity index (χ3n) is 1.68. The first-order valence-electron chi connectivity index (χ1n) is 3.55. The van der Waals surface area contributed by atoms with Crippen LogP contribution in [0.1, 0.15) is 6.99 Å². The summed E-state index contributed by atoms with van der Waals surface area (Å²) in [4.78, 5) is 13.3. The molecule has 1 N–H and O–H groups in total. The minimum atomic E-state index is -0.425. The van der Waals surface area contributed by atoms with Crippen LogP contribution in [0.2, 0.25) is 0 Å². The van der Waals surface area contributed by atoms with Crippen LogP contribution < -0.4 is 5.76 Å². The number of benzene rings is 1. The molecule has 0 amide bonds. The zero-order chi connectivity index (χ0) is 8.55. The molecule has 1 heterocycles. The molecule has 0 radical (unpaired) electrons. The molecule has 3 heteroatoms. The number of aromatic nitrogens is 1. The summed E-state index contributed by atoms with van der Waals surface area (Å²) >= 11 is 0. The molecule has 0 unspecified atom stereocenters. The van der Waals surface area contributed by atoms with Crippen molar-refractivity contribution in [1.29, 1.82) is 0 Å². The third-order valence-corrected chi connectivity index (χ3v) is 1.68. The lowest BCUT2D eigenvalue weighted by atomic mass is 10.2. The summed E-state index contributed by atoms with van der Waals surface area (Å²) in [6.45, 7) is 3.61. The molecule has 12 heavy (non-hydrogen) atoms. The Balaban J connectivity index is 0.000000845. The summed E-state index contributed by atoms with van der Waals surface area (Å²) in [5.74, 6) is -0.425. The Labute approximate surface area is 69.8 Å². The molecule has 1 aromatic heterocycles. The third kappa shape index (κ3) is 0.955. The SMILES string of the molecule is C=Cc1ccc2[nH]c(=O)oc2c1.[HH]. The first-order chi connectivity index (χ1) is 5.79. The maximum absolute atomic E-state index is 10.7. The standard InChI is InChI=1S/C9H7NO2.H2/c1-2-6-3-4-7-8(5-6)12-9(11)10-7;/h2-5H,1H2,(H,10,11);1H. The fourth-order valence-corrected chi connectivity index (χ4v) is 1.09. The van der Waals surface area contributed by atoms with E-state index in [-0.39, 0.29) is 1.43 Å². The molecule has 0 atom stereocenters. The number of nitrogens with one attached hydrogen (secondary N) is 1. The summed E-state index contributed by atoms with van der Waals surface area (Å²) in [6, 6.07) is 5.41. The van der Waals surface area contributed by atoms with Crippen molar-refractivity contribution in [2.75, 3.05) is 0 Å². The van der Waals surface area contributed by atoms with Gasteiger partial charge >= 0.3 is 5.76 Å². The van der Waals surface area contributed by atoms with E-state index in [1.54, 1.807) is 18.2 Å². The van der Waals surface area contributed by atoms with Gasteiger partial charge in [0.1, 0.15) is 0 Å². The highest BCUT2D eigenvalue weighted by Crippen LogP contribution is 2.12. The number of H-pyrrole nitrogens is 1. The van der Waals surface area contributed by atoms with Crippen LogP contribution >= 0.6 is 0 Å². The van der Waals surface area contributed by atoms with Crippen molar-refractivity contribution in [3.63, 3.8) is 0 Å². The van der Waals surface area contributed by atoms with Gasteiger partial charge in [-0.3, -0.25) is 4.98 Å². The molecule has 0 saturated heterocycles. The summed E-state index contributed by atoms with van der Waals surface area (Å²) in [5, 5.41) is 0. The van der Waals surface area contributed by atoms with E-state index in [1.807, 2.05) is 6.07 Å². The molecule has 0 aliphatic rings. The van der Waals surface area contributed by atoms with Crippen LogP contribution in [0.5, 0.6) is 0 Å². The predicted octanol–water partition coefficient (Wildman–Crippen LogP) is 2.01. The summed E-state index contributed by atoms with van der Waals surface area (Å²) in [6.07, 6.45) is 1.70. The van der Waals surface area contributed by atoms with Gasteiger partial charge in [0, 0.05) is 1.43 Å². The molecule has 0 bridgehead atoms. The van der Waals surface area contributed by atoms with Crippen LogP contribution in [-0.2, 0) is 0 Å². The number of fused-ring (bicyclic) bond motifs is 1. The van der Waals surface area contributed by atoms with Crippen LogP contribution in [0.3, 0.4) is 0 Å². The second-order valence-corrected chi connectivity index (χ2v) is 2.47. The normalized spacial score (nSPS) is 10.3. The van der Waals surface area contributed by atoms with E-state index in [4.69, 9.17) is 4.42 Å². The van der Waals surface area contributed by atoms with Crippen molar-refractivity contribution in [2.24, 2.45) is 0 Å². The number of aromatic amines is 1. The number of oxazole rings is 1. The summed E-state index contributed by atoms with van der Waals surface area (Å²) in [7, 11) is 0. The number of rotatable bonds is 1. The lowest BCUT2D eigenvalue weighted by Gasteiger charge is -1.89. The van der Waals surface area contributed by atoms with Gasteiger partial charge in [-0.1, -0.05) is 18.7 Å². The Kier molecular flexibility index (Phi) is 1.37. The Bertz CT molecular complexity index is 484. The van der Waals surface area contributed by atoms with E-state index in [9.17, 15) is 4.79 Å². The van der Waals surface area contributed by atoms with Gasteiger partial charge in [-0.05, 0) is 17.7 Å². The van der Waals surface area contributed by atoms with E-state index in [2.05, 4.69) is 11.6 Å². The number of hydrogen-bond acceptors (Lipinski definition) is 2. The molecule has 1 aromatic carbocycles. The molecule has 0 saturated carbocycles. The highest BCUT2D eigenvalue weighted by molar-refractivity contribution is 5.75. The van der Waals surface area contributed by atoms with Crippen LogP contribution in [0, 0.1) is 0 Å². The van der Waals surface area contributed by atoms with Crippen LogP contribution in [0.4, 0.5) is 0 Å². The largest absolute Gasteiger partial charge is 0.417 e. The lowest BCUT2D eigenvalue weighted by molar-refractivity contribution is 0.555. The maximum atomic E-state index is 10.7. The van der Waals surface area contributed by atoms with Gasteiger partial charge < -0.3 is 4.42 Å². The van der Waals surface area contributed by atoms with Crippen LogP contribution in [0.15, 0.2) is 34.0 Å². The second kappa shape index (κ2) is 2.37. The molecule has 0 spiro atoms. The van der Waals surface area contributed by atoms with Gasteiger partial charge in [0.2, 0.25) is 0 Å². The smallest absolute Gasteiger partial charge is 0.408 e. The molecule has 2 aromatic rings. The van der Waals surface area contributed by atoms with E-state index < -0.39 is 5.76 Å². The summed E-state index contributed by atoms with van der Waals surface area (Å²) in [5.41, 5.74) is 2.22. The summed E-state index contributed by atoms with van der Waals surface area (Å²) < 4.78 is 4.85. The molecular weight excluding hydrogens is 154 g/mol. The zero-order valence-corrected chi connectivity index (χ0v) is 6.33. The molecule has 2 rings (SSSR count). The molecule has 0 aliphatic heterocycles. The monoisotopic (exact) mass is 163 g/mol. The Morgan fingerprint density at radius 3 is 3.17 bits per heavy atom. The van der Waals surface area contributed by atoms with E-state index >= 15 is 0 Å². The van der Waals surface area contributed by atoms with Crippen molar-refractivity contribution < 1.29 is 5.84 Å². The van der Waals surface area contributed by atoms with Gasteiger partial charge in [-0.2, -0.15) is 0 Å². The fraction of sp³-hybridized carbons (Fsp3) is 0. The van der Waals surface area contributed by atoms with Crippen molar-refractivity contribution in [1.82, 2.24) is 4.98 Å². The zero-order valence-electron chi connectivity index (χ0n) is 6.33. The highest BCUT2D eigenvalue weighted by Gasteiger charge is 1.99. The van der Waals surface area contributed by atoms with Crippen molar-refractivity contribution >= 4 is 17.2 Å². The van der Waals surface area contributed by atoms with Gasteiger partial charge in [-0.15, -0.1) is 0 Å². The predicted molar refractivity (Wildman–Crippen MR) is 49.0 cm³/mol. The Hall–Kier alpha value is -1.77. The first-order valence-corrected chi connectivity index (χ1v) is 3.55. The van der Waals surface area contributed by atoms with Crippen molar-refractivity contribution in [2.45, 2.75) is 0 Å². The molecule has 0 aliphatic carbocycles. The van der Waals surface area contributed by atoms with Crippen molar-refractivity contribution in [3.8, 4) is 0 Å². The number of hydrogen-bond donors (Lipinski definition) is 1. The van der Waals surface area contributed by atoms with Gasteiger partial charge in [0.05, 0.1) is 5.52 Å². The maximum Gasteiger partial charge on any atom is 0.417 e. The minimum absolute atomic E-state index is 0. The van der Waals surface area contributed by atoms with Gasteiger partial charge in [-0.25, -0.2) is 4.79 Å². The lowest BCUT2D eigenvalue weighted by Crippen LogP contribution is -1.92. The average Bonchev–Trinajstić information content (AvgIpc) is 2.43. The molecular formula is C9H9NO2. The van der Waals surface area contributed by atoms with Crippen molar-refractivity contribution in [3.05, 3.63) is 40.9 Å². The van der Waals surface area contributed by atoms with Crippen LogP contribution in [-0.4, -0.2) is 4.98 Å². The topological polar surface area (TPSA) is 46.0 Å². The average molecular weight is 163 g/mol. The van der Waals surface area contributed by atoms with Crippen LogP contribution in [0.25, 0.3) is 17.2 Å². The molecule has 3 nitrogen and oxygen atoms in total. The highest BCUT2D eigenvalue weighted by atomic mass is 16.4. The minimum Gasteiger partial charge on any atom is -0.408 e. The Morgan fingerprint density at radius 2 is 2.42 bits per heavy atom. The fourth-order valence-electron chi connectivity index (χ4n) is 1.09. The quantitative estimate of drug-likeness (QED) is 0.698. The Morgan fingerprint density at radius 1 is 1.58 bits per heavy atom. The second-order valence-electron chi connectivity index (χ2n) is 2.47.